The van der Waals surface area contributed by atoms with E-state index in [9.17, 15) is 8.78 Å². The predicted octanol–water partition coefficient (Wildman–Crippen LogP) is 2.38. The molecule has 2 aliphatic rings. The zero-order valence-electron chi connectivity index (χ0n) is 19.4. The second-order valence-electron chi connectivity index (χ2n) is 8.96. The number of hydrogen-bond donors (Lipinski definition) is 2. The Morgan fingerprint density at radius 1 is 1.20 bits per heavy atom. The highest BCUT2D eigenvalue weighted by atomic mass is 19.1. The number of fused-ring (bicyclic) bond motifs is 2. The van der Waals surface area contributed by atoms with Gasteiger partial charge in [-0.15, -0.1) is 5.10 Å². The number of hydrogen-bond acceptors (Lipinski definition) is 8. The number of halogens is 2. The van der Waals surface area contributed by atoms with Crippen LogP contribution in [0.15, 0.2) is 30.7 Å². The lowest BCUT2D eigenvalue weighted by atomic mass is 10.0. The summed E-state index contributed by atoms with van der Waals surface area (Å²) in [6.45, 7) is 2.28. The fourth-order valence-electron chi connectivity index (χ4n) is 4.83. The quantitative estimate of drug-likeness (QED) is 0.414. The van der Waals surface area contributed by atoms with Crippen molar-refractivity contribution >= 4 is 28.4 Å². The summed E-state index contributed by atoms with van der Waals surface area (Å²) in [7, 11) is 1.78. The molecule has 0 saturated carbocycles. The predicted molar refractivity (Wildman–Crippen MR) is 128 cm³/mol. The van der Waals surface area contributed by atoms with Crippen LogP contribution in [0.4, 0.5) is 20.5 Å². The van der Waals surface area contributed by atoms with Gasteiger partial charge in [0, 0.05) is 31.9 Å². The molecule has 0 aromatic carbocycles. The molecule has 2 saturated heterocycles. The number of nitrogens with one attached hydrogen (secondary N) is 2. The molecule has 2 aliphatic heterocycles. The molecule has 0 aliphatic carbocycles. The van der Waals surface area contributed by atoms with Gasteiger partial charge in [-0.05, 0) is 24.6 Å². The second-order valence-corrected chi connectivity index (χ2v) is 8.96. The van der Waals surface area contributed by atoms with E-state index in [-0.39, 0.29) is 12.6 Å². The topological polar surface area (TPSA) is 97.4 Å². The molecule has 184 valence electrons. The summed E-state index contributed by atoms with van der Waals surface area (Å²) in [5, 5.41) is 10.9. The summed E-state index contributed by atoms with van der Waals surface area (Å²) in [6, 6.07) is 5.64. The van der Waals surface area contributed by atoms with Crippen molar-refractivity contribution in [3.63, 3.8) is 0 Å². The Balaban J connectivity index is 1.28. The number of nitrogens with zero attached hydrogens (tertiary/aromatic N) is 7. The van der Waals surface area contributed by atoms with Crippen molar-refractivity contribution in [2.45, 2.75) is 31.2 Å². The number of alkyl halides is 2. The number of aryl methyl sites for hydroxylation is 1. The first-order valence-electron chi connectivity index (χ1n) is 11.8. The normalized spacial score (nSPS) is 21.5. The number of rotatable bonds is 7. The lowest BCUT2D eigenvalue weighted by Gasteiger charge is -2.42. The van der Waals surface area contributed by atoms with Gasteiger partial charge in [0.1, 0.15) is 23.9 Å². The van der Waals surface area contributed by atoms with E-state index in [0.29, 0.717) is 60.8 Å². The number of aromatic nitrogens is 6. The number of likely N-dealkylation sites (tertiary alicyclic amines) is 1. The minimum absolute atomic E-state index is 0.201. The minimum atomic E-state index is -1.02. The van der Waals surface area contributed by atoms with Crippen LogP contribution >= 0.6 is 0 Å². The van der Waals surface area contributed by atoms with E-state index in [1.807, 2.05) is 24.4 Å². The molecule has 0 radical (unpaired) electrons. The molecule has 0 spiro atoms. The van der Waals surface area contributed by atoms with E-state index in [1.165, 1.54) is 0 Å². The average molecular weight is 484 g/mol. The smallest absolute Gasteiger partial charge is 0.243 e. The maximum atomic E-state index is 15.0. The third-order valence-corrected chi connectivity index (χ3v) is 6.84. The molecule has 6 heterocycles. The zero-order chi connectivity index (χ0) is 23.9. The monoisotopic (exact) mass is 483 g/mol. The van der Waals surface area contributed by atoms with Crippen LogP contribution in [0.1, 0.15) is 6.42 Å². The van der Waals surface area contributed by atoms with Gasteiger partial charge in [-0.2, -0.15) is 4.98 Å². The van der Waals surface area contributed by atoms with Gasteiger partial charge >= 0.3 is 0 Å². The van der Waals surface area contributed by atoms with Crippen LogP contribution in [-0.2, 0) is 11.3 Å². The third-order valence-electron chi connectivity index (χ3n) is 6.84. The lowest BCUT2D eigenvalue weighted by Crippen LogP contribution is -2.57. The Bertz CT molecular complexity index is 1350. The summed E-state index contributed by atoms with van der Waals surface area (Å²) in [6.07, 6.45) is 3.07. The van der Waals surface area contributed by atoms with Crippen LogP contribution in [0.3, 0.4) is 0 Å². The molecule has 35 heavy (non-hydrogen) atoms. The van der Waals surface area contributed by atoms with E-state index < -0.39 is 12.8 Å². The summed E-state index contributed by atoms with van der Waals surface area (Å²) in [4.78, 5) is 15.8. The van der Waals surface area contributed by atoms with Gasteiger partial charge in [-0.1, -0.05) is 0 Å². The van der Waals surface area contributed by atoms with Gasteiger partial charge in [0.05, 0.1) is 43.9 Å². The molecule has 2 N–H and O–H groups in total. The molecule has 0 bridgehead atoms. The van der Waals surface area contributed by atoms with Crippen molar-refractivity contribution in [2.75, 3.05) is 50.7 Å². The molecule has 0 amide bonds. The van der Waals surface area contributed by atoms with Crippen molar-refractivity contribution in [1.82, 2.24) is 34.0 Å². The van der Waals surface area contributed by atoms with E-state index in [4.69, 9.17) is 9.72 Å². The van der Waals surface area contributed by atoms with Crippen LogP contribution in [0.2, 0.25) is 0 Å². The Morgan fingerprint density at radius 2 is 2.09 bits per heavy atom. The second kappa shape index (κ2) is 9.00. The Labute approximate surface area is 200 Å². The van der Waals surface area contributed by atoms with Crippen molar-refractivity contribution in [2.24, 2.45) is 0 Å². The maximum Gasteiger partial charge on any atom is 0.243 e. The Kier molecular flexibility index (Phi) is 5.69. The SMILES string of the molecule is CNc1nc(N[C@H]2CCN(C3COC3)C[C@H]2F)nn2ccc(-c3ccc4ncn(CCF)c4n3)c12. The zero-order valence-corrected chi connectivity index (χ0v) is 19.4. The largest absolute Gasteiger partial charge is 0.378 e. The lowest BCUT2D eigenvalue weighted by molar-refractivity contribution is -0.0794. The molecule has 2 atom stereocenters. The first kappa shape index (κ1) is 22.1. The van der Waals surface area contributed by atoms with Gasteiger partial charge in [0.15, 0.2) is 11.5 Å². The first-order chi connectivity index (χ1) is 17.1. The van der Waals surface area contributed by atoms with Gasteiger partial charge in [-0.3, -0.25) is 4.90 Å². The summed E-state index contributed by atoms with van der Waals surface area (Å²) in [5.41, 5.74) is 3.61. The molecular formula is C23H27F2N9O. The summed E-state index contributed by atoms with van der Waals surface area (Å²) < 4.78 is 36.5. The molecule has 10 nitrogen and oxygen atoms in total. The fraction of sp³-hybridized carbons (Fsp3) is 0.478. The minimum Gasteiger partial charge on any atom is -0.378 e. The van der Waals surface area contributed by atoms with Crippen LogP contribution in [0.5, 0.6) is 0 Å². The van der Waals surface area contributed by atoms with Crippen molar-refractivity contribution < 1.29 is 13.5 Å². The molecule has 12 heteroatoms. The first-order valence-corrected chi connectivity index (χ1v) is 11.8. The van der Waals surface area contributed by atoms with Crippen LogP contribution in [0, 0.1) is 0 Å². The van der Waals surface area contributed by atoms with E-state index >= 15 is 0 Å². The van der Waals surface area contributed by atoms with Gasteiger partial charge < -0.3 is 19.9 Å². The van der Waals surface area contributed by atoms with Crippen molar-refractivity contribution in [1.29, 1.82) is 0 Å². The van der Waals surface area contributed by atoms with Gasteiger partial charge in [-0.25, -0.2) is 23.3 Å². The number of imidazole rings is 1. The fourth-order valence-corrected chi connectivity index (χ4v) is 4.83. The highest BCUT2D eigenvalue weighted by Gasteiger charge is 2.35. The highest BCUT2D eigenvalue weighted by Crippen LogP contribution is 2.30. The van der Waals surface area contributed by atoms with E-state index in [0.717, 1.165) is 17.6 Å². The Hall–Kier alpha value is -3.38. The standard InChI is InChI=1S/C23H27F2N9O/c1-26-21-20-15(17-2-3-19-22(28-17)33(9-6-24)13-27-19)4-8-34(20)31-23(30-21)29-18-5-7-32(10-16(18)25)14-11-35-12-14/h2-4,8,13-14,16,18H,5-7,9-12H2,1H3,(H2,26,29,30,31)/t16-,18+/m1/s1. The van der Waals surface area contributed by atoms with Crippen molar-refractivity contribution in [3.8, 4) is 11.3 Å². The molecule has 0 unspecified atom stereocenters. The summed E-state index contributed by atoms with van der Waals surface area (Å²) in [5.74, 6) is 0.961. The highest BCUT2D eigenvalue weighted by molar-refractivity contribution is 5.89. The maximum absolute atomic E-state index is 15.0. The molecule has 4 aromatic rings. The van der Waals surface area contributed by atoms with Crippen LogP contribution < -0.4 is 10.6 Å². The van der Waals surface area contributed by atoms with Gasteiger partial charge in [0.25, 0.3) is 0 Å². The molecular weight excluding hydrogens is 456 g/mol. The number of pyridine rings is 1. The van der Waals surface area contributed by atoms with Crippen LogP contribution in [-0.4, -0.2) is 92.3 Å². The Morgan fingerprint density at radius 3 is 2.83 bits per heavy atom. The average Bonchev–Trinajstić information content (AvgIpc) is 3.43. The summed E-state index contributed by atoms with van der Waals surface area (Å²) >= 11 is 0. The number of piperidine rings is 1. The number of ether oxygens (including phenoxy) is 1. The van der Waals surface area contributed by atoms with E-state index in [1.54, 1.807) is 22.5 Å². The third kappa shape index (κ3) is 3.96. The van der Waals surface area contributed by atoms with Crippen LogP contribution in [0.25, 0.3) is 27.9 Å². The number of anilines is 2. The van der Waals surface area contributed by atoms with Gasteiger partial charge in [0.2, 0.25) is 5.95 Å². The molecule has 6 rings (SSSR count). The van der Waals surface area contributed by atoms with Crippen molar-refractivity contribution in [3.05, 3.63) is 30.7 Å². The molecule has 2 fully saturated rings. The van der Waals surface area contributed by atoms with E-state index in [2.05, 4.69) is 30.6 Å². The molecule has 4 aromatic heterocycles.